The number of carbonyl (C=O) groups is 1. The van der Waals surface area contributed by atoms with Crippen molar-refractivity contribution in [2.75, 3.05) is 18.4 Å². The zero-order valence-electron chi connectivity index (χ0n) is 13.1. The maximum Gasteiger partial charge on any atom is 0.227 e. The number of amides is 1. The van der Waals surface area contributed by atoms with Crippen molar-refractivity contribution in [3.8, 4) is 0 Å². The van der Waals surface area contributed by atoms with Crippen LogP contribution in [0.3, 0.4) is 0 Å². The molecule has 5 nitrogen and oxygen atoms in total. The number of carbonyl (C=O) groups excluding carboxylic acids is 1. The van der Waals surface area contributed by atoms with Crippen LogP contribution in [0.1, 0.15) is 17.8 Å². The highest BCUT2D eigenvalue weighted by Gasteiger charge is 2.25. The van der Waals surface area contributed by atoms with E-state index < -0.39 is 0 Å². The molecule has 0 unspecified atom stereocenters. The average Bonchev–Trinajstić information content (AvgIpc) is 2.86. The van der Waals surface area contributed by atoms with E-state index in [2.05, 4.69) is 15.3 Å². The number of nitrogens with one attached hydrogen (secondary N) is 1. The number of hydrogen-bond acceptors (Lipinski definition) is 5. The Bertz CT molecular complexity index is 717. The minimum absolute atomic E-state index is 0.0802. The standard InChI is InChI=1S/C16H20N4OS2/c1-12-18-20(16(22)23-12)11-19-9-7-13(8-10-19)15(21)17-14-5-3-2-4-6-14/h2-6,13H,7-11H2,1H3,(H,17,21). The van der Waals surface area contributed by atoms with Crippen molar-refractivity contribution in [1.29, 1.82) is 0 Å². The highest BCUT2D eigenvalue weighted by molar-refractivity contribution is 7.73. The third kappa shape index (κ3) is 4.25. The monoisotopic (exact) mass is 348 g/mol. The summed E-state index contributed by atoms with van der Waals surface area (Å²) in [7, 11) is 0. The average molecular weight is 348 g/mol. The molecule has 1 saturated heterocycles. The lowest BCUT2D eigenvalue weighted by molar-refractivity contribution is -0.121. The number of aryl methyl sites for hydroxylation is 1. The molecule has 0 bridgehead atoms. The zero-order valence-corrected chi connectivity index (χ0v) is 14.7. The quantitative estimate of drug-likeness (QED) is 0.862. The van der Waals surface area contributed by atoms with Crippen LogP contribution in [-0.2, 0) is 11.5 Å². The van der Waals surface area contributed by atoms with Crippen LogP contribution in [0.25, 0.3) is 0 Å². The molecule has 23 heavy (non-hydrogen) atoms. The molecule has 1 aromatic carbocycles. The van der Waals surface area contributed by atoms with Gasteiger partial charge in [-0.05, 0) is 44.1 Å². The van der Waals surface area contributed by atoms with E-state index in [9.17, 15) is 4.79 Å². The first-order valence-electron chi connectivity index (χ1n) is 7.74. The second-order valence-corrected chi connectivity index (χ2v) is 7.60. The Kier molecular flexibility index (Phi) is 5.20. The van der Waals surface area contributed by atoms with Gasteiger partial charge in [-0.1, -0.05) is 29.5 Å². The van der Waals surface area contributed by atoms with Crippen molar-refractivity contribution in [3.05, 3.63) is 39.3 Å². The summed E-state index contributed by atoms with van der Waals surface area (Å²) in [5, 5.41) is 8.42. The molecule has 1 amide bonds. The van der Waals surface area contributed by atoms with E-state index in [0.717, 1.165) is 47.2 Å². The summed E-state index contributed by atoms with van der Waals surface area (Å²) in [6.07, 6.45) is 1.74. The Balaban J connectivity index is 1.51. The number of benzene rings is 1. The number of aromatic nitrogens is 2. The van der Waals surface area contributed by atoms with Gasteiger partial charge in [0.1, 0.15) is 5.01 Å². The number of nitrogens with zero attached hydrogens (tertiary/aromatic N) is 3. The summed E-state index contributed by atoms with van der Waals surface area (Å²) >= 11 is 6.85. The van der Waals surface area contributed by atoms with Gasteiger partial charge in [0, 0.05) is 24.7 Å². The van der Waals surface area contributed by atoms with Gasteiger partial charge >= 0.3 is 0 Å². The van der Waals surface area contributed by atoms with Crippen molar-refractivity contribution in [3.63, 3.8) is 0 Å². The van der Waals surface area contributed by atoms with Gasteiger partial charge in [-0.25, -0.2) is 4.68 Å². The molecule has 1 aromatic heterocycles. The fourth-order valence-corrected chi connectivity index (χ4v) is 3.85. The highest BCUT2D eigenvalue weighted by atomic mass is 32.1. The molecule has 1 aliphatic heterocycles. The number of rotatable bonds is 4. The summed E-state index contributed by atoms with van der Waals surface area (Å²) in [6.45, 7) is 4.48. The van der Waals surface area contributed by atoms with E-state index >= 15 is 0 Å². The molecular formula is C16H20N4OS2. The Morgan fingerprint density at radius 1 is 1.35 bits per heavy atom. The van der Waals surface area contributed by atoms with Gasteiger partial charge in [0.25, 0.3) is 0 Å². The van der Waals surface area contributed by atoms with Crippen molar-refractivity contribution in [2.45, 2.75) is 26.4 Å². The summed E-state index contributed by atoms with van der Waals surface area (Å²) in [5.74, 6) is 0.202. The lowest BCUT2D eigenvalue weighted by atomic mass is 9.96. The summed E-state index contributed by atoms with van der Waals surface area (Å²) in [6, 6.07) is 9.63. The summed E-state index contributed by atoms with van der Waals surface area (Å²) < 4.78 is 2.69. The molecule has 0 aliphatic carbocycles. The summed E-state index contributed by atoms with van der Waals surface area (Å²) in [5.41, 5.74) is 0.865. The molecule has 122 valence electrons. The van der Waals surface area contributed by atoms with Gasteiger partial charge in [-0.2, -0.15) is 5.10 Å². The minimum atomic E-state index is 0.0802. The maximum absolute atomic E-state index is 12.3. The van der Waals surface area contributed by atoms with E-state index in [4.69, 9.17) is 12.2 Å². The van der Waals surface area contributed by atoms with Crippen LogP contribution in [-0.4, -0.2) is 33.7 Å². The lowest BCUT2D eigenvalue weighted by Crippen LogP contribution is -2.39. The lowest BCUT2D eigenvalue weighted by Gasteiger charge is -2.30. The molecule has 7 heteroatoms. The van der Waals surface area contributed by atoms with Gasteiger partial charge in [-0.15, -0.1) is 0 Å². The fourth-order valence-electron chi connectivity index (χ4n) is 2.79. The maximum atomic E-state index is 12.3. The van der Waals surface area contributed by atoms with Crippen molar-refractivity contribution < 1.29 is 4.79 Å². The number of anilines is 1. The van der Waals surface area contributed by atoms with Crippen molar-refractivity contribution in [1.82, 2.24) is 14.7 Å². The first kappa shape index (κ1) is 16.3. The second kappa shape index (κ2) is 7.33. The van der Waals surface area contributed by atoms with Crippen LogP contribution in [0.4, 0.5) is 5.69 Å². The predicted octanol–water partition coefficient (Wildman–Crippen LogP) is 3.29. The molecule has 2 heterocycles. The first-order valence-corrected chi connectivity index (χ1v) is 8.97. The van der Waals surface area contributed by atoms with Crippen LogP contribution >= 0.6 is 23.6 Å². The third-order valence-electron chi connectivity index (χ3n) is 4.04. The van der Waals surface area contributed by atoms with E-state index in [1.54, 1.807) is 11.3 Å². The van der Waals surface area contributed by atoms with Crippen LogP contribution in [0.2, 0.25) is 0 Å². The largest absolute Gasteiger partial charge is 0.326 e. The number of para-hydroxylation sites is 1. The number of likely N-dealkylation sites (tertiary alicyclic amines) is 1. The molecule has 1 N–H and O–H groups in total. The SMILES string of the molecule is Cc1nn(CN2CCC(C(=O)Nc3ccccc3)CC2)c(=S)s1. The first-order chi connectivity index (χ1) is 11.1. The van der Waals surface area contributed by atoms with Crippen LogP contribution in [0.15, 0.2) is 30.3 Å². The molecule has 0 atom stereocenters. The van der Waals surface area contributed by atoms with Crippen LogP contribution in [0, 0.1) is 16.8 Å². The summed E-state index contributed by atoms with van der Waals surface area (Å²) in [4.78, 5) is 14.6. The molecule has 0 saturated carbocycles. The second-order valence-electron chi connectivity index (χ2n) is 5.78. The molecule has 0 radical (unpaired) electrons. The smallest absolute Gasteiger partial charge is 0.227 e. The molecule has 1 aliphatic rings. The van der Waals surface area contributed by atoms with E-state index in [0.29, 0.717) is 0 Å². The Labute approximate surface area is 144 Å². The molecule has 3 rings (SSSR count). The normalized spacial score (nSPS) is 16.4. The van der Waals surface area contributed by atoms with E-state index in [-0.39, 0.29) is 11.8 Å². The Morgan fingerprint density at radius 3 is 2.65 bits per heavy atom. The van der Waals surface area contributed by atoms with Crippen molar-refractivity contribution >= 4 is 35.1 Å². The Morgan fingerprint density at radius 2 is 2.04 bits per heavy atom. The van der Waals surface area contributed by atoms with Gasteiger partial charge in [0.15, 0.2) is 3.95 Å². The Hall–Kier alpha value is -1.57. The van der Waals surface area contributed by atoms with E-state index in [1.165, 1.54) is 0 Å². The van der Waals surface area contributed by atoms with Crippen LogP contribution < -0.4 is 5.32 Å². The zero-order chi connectivity index (χ0) is 16.2. The fraction of sp³-hybridized carbons (Fsp3) is 0.438. The van der Waals surface area contributed by atoms with Gasteiger partial charge in [0.05, 0.1) is 6.67 Å². The minimum Gasteiger partial charge on any atom is -0.326 e. The molecule has 2 aromatic rings. The van der Waals surface area contributed by atoms with Crippen molar-refractivity contribution in [2.24, 2.45) is 5.92 Å². The van der Waals surface area contributed by atoms with E-state index in [1.807, 2.05) is 41.9 Å². The van der Waals surface area contributed by atoms with Gasteiger partial charge in [0.2, 0.25) is 5.91 Å². The highest BCUT2D eigenvalue weighted by Crippen LogP contribution is 2.20. The van der Waals surface area contributed by atoms with Gasteiger partial charge < -0.3 is 5.32 Å². The topological polar surface area (TPSA) is 50.2 Å². The third-order valence-corrected chi connectivity index (χ3v) is 5.26. The van der Waals surface area contributed by atoms with Crippen LogP contribution in [0.5, 0.6) is 0 Å². The predicted molar refractivity (Wildman–Crippen MR) is 95.0 cm³/mol. The number of piperidine rings is 1. The number of hydrogen-bond donors (Lipinski definition) is 1. The molecular weight excluding hydrogens is 328 g/mol. The molecule has 1 fully saturated rings. The van der Waals surface area contributed by atoms with Gasteiger partial charge in [-0.3, -0.25) is 9.69 Å². The molecule has 0 spiro atoms.